The molecule has 1 amide bonds. The number of para-hydroxylation sites is 1. The lowest BCUT2D eigenvalue weighted by molar-refractivity contribution is -0.121. The summed E-state index contributed by atoms with van der Waals surface area (Å²) >= 11 is 7.56. The second kappa shape index (κ2) is 8.55. The van der Waals surface area contributed by atoms with Crippen molar-refractivity contribution in [2.24, 2.45) is 0 Å². The summed E-state index contributed by atoms with van der Waals surface area (Å²) in [5.41, 5.74) is 0.565. The van der Waals surface area contributed by atoms with Gasteiger partial charge in [0.1, 0.15) is 5.82 Å². The van der Waals surface area contributed by atoms with Gasteiger partial charge in [-0.25, -0.2) is 4.39 Å². The number of carbonyl (C=O) groups excluding carboxylic acids is 1. The van der Waals surface area contributed by atoms with Crippen molar-refractivity contribution in [1.29, 1.82) is 0 Å². The fraction of sp³-hybridized carbons (Fsp3) is 0.286. The number of nitrogens with zero attached hydrogens (tertiary/aromatic N) is 3. The monoisotopic (exact) mass is 432 g/mol. The quantitative estimate of drug-likeness (QED) is 0.568. The average Bonchev–Trinajstić information content (AvgIpc) is 3.04. The van der Waals surface area contributed by atoms with Crippen molar-refractivity contribution in [3.63, 3.8) is 0 Å². The van der Waals surface area contributed by atoms with Crippen LogP contribution in [0.25, 0.3) is 17.1 Å². The number of halogens is 2. The number of rotatable bonds is 5. The molecule has 5 nitrogen and oxygen atoms in total. The van der Waals surface area contributed by atoms with Crippen LogP contribution in [0.4, 0.5) is 4.39 Å². The van der Waals surface area contributed by atoms with Gasteiger partial charge in [0, 0.05) is 11.1 Å². The van der Waals surface area contributed by atoms with E-state index in [0.717, 1.165) is 0 Å². The highest BCUT2D eigenvalue weighted by atomic mass is 35.5. The predicted molar refractivity (Wildman–Crippen MR) is 115 cm³/mol. The number of thioether (sulfide) groups is 1. The van der Waals surface area contributed by atoms with Crippen LogP contribution in [0.15, 0.2) is 53.7 Å². The van der Waals surface area contributed by atoms with E-state index < -0.39 is 11.1 Å². The van der Waals surface area contributed by atoms with Gasteiger partial charge in [-0.2, -0.15) is 0 Å². The molecular weight excluding hydrogens is 411 g/mol. The van der Waals surface area contributed by atoms with Crippen LogP contribution in [0.5, 0.6) is 0 Å². The van der Waals surface area contributed by atoms with Gasteiger partial charge in [-0.05, 0) is 52.0 Å². The molecule has 0 fully saturated rings. The van der Waals surface area contributed by atoms with Crippen molar-refractivity contribution < 1.29 is 9.18 Å². The van der Waals surface area contributed by atoms with Crippen LogP contribution < -0.4 is 5.32 Å². The summed E-state index contributed by atoms with van der Waals surface area (Å²) in [6, 6.07) is 13.5. The van der Waals surface area contributed by atoms with Gasteiger partial charge in [-0.3, -0.25) is 9.36 Å². The van der Waals surface area contributed by atoms with Crippen molar-refractivity contribution in [2.75, 3.05) is 0 Å². The summed E-state index contributed by atoms with van der Waals surface area (Å²) in [5.74, 6) is -0.147. The lowest BCUT2D eigenvalue weighted by Gasteiger charge is -2.23. The minimum absolute atomic E-state index is 0.134. The highest BCUT2D eigenvalue weighted by molar-refractivity contribution is 8.00. The molecule has 0 aliphatic heterocycles. The summed E-state index contributed by atoms with van der Waals surface area (Å²) in [6.07, 6.45) is 0. The van der Waals surface area contributed by atoms with Crippen molar-refractivity contribution >= 4 is 29.3 Å². The highest BCUT2D eigenvalue weighted by Crippen LogP contribution is 2.34. The van der Waals surface area contributed by atoms with Crippen LogP contribution in [-0.4, -0.2) is 31.5 Å². The Labute approximate surface area is 178 Å². The number of amides is 1. The zero-order valence-electron chi connectivity index (χ0n) is 16.6. The summed E-state index contributed by atoms with van der Waals surface area (Å²) in [4.78, 5) is 12.5. The zero-order valence-corrected chi connectivity index (χ0v) is 18.2. The largest absolute Gasteiger partial charge is 0.351 e. The van der Waals surface area contributed by atoms with Gasteiger partial charge >= 0.3 is 0 Å². The van der Waals surface area contributed by atoms with E-state index in [4.69, 9.17) is 11.6 Å². The molecule has 1 unspecified atom stereocenters. The van der Waals surface area contributed by atoms with E-state index in [1.165, 1.54) is 17.8 Å². The first-order valence-electron chi connectivity index (χ1n) is 9.11. The van der Waals surface area contributed by atoms with E-state index in [9.17, 15) is 9.18 Å². The standard InChI is InChI=1S/C21H22ClFN4OS/c1-13(19(28)24-21(2,3)4)29-20-26-25-18(14-9-5-6-10-15(14)22)27(20)17-12-8-7-11-16(17)23/h5-13H,1-4H3,(H,24,28). The Morgan fingerprint density at radius 3 is 2.45 bits per heavy atom. The third-order valence-electron chi connectivity index (χ3n) is 3.99. The topological polar surface area (TPSA) is 59.8 Å². The molecule has 0 saturated carbocycles. The van der Waals surface area contributed by atoms with Crippen LogP contribution in [0.3, 0.4) is 0 Å². The molecule has 0 bridgehead atoms. The molecule has 2 aromatic carbocycles. The maximum atomic E-state index is 14.6. The van der Waals surface area contributed by atoms with Gasteiger partial charge in [0.05, 0.1) is 16.0 Å². The second-order valence-corrected chi connectivity index (χ2v) is 9.29. The van der Waals surface area contributed by atoms with Crippen LogP contribution >= 0.6 is 23.4 Å². The van der Waals surface area contributed by atoms with Crippen LogP contribution in [0.1, 0.15) is 27.7 Å². The third-order valence-corrected chi connectivity index (χ3v) is 5.36. The molecular formula is C21H22ClFN4OS. The van der Waals surface area contributed by atoms with Crippen molar-refractivity contribution in [1.82, 2.24) is 20.1 Å². The van der Waals surface area contributed by atoms with Gasteiger partial charge in [0.15, 0.2) is 11.0 Å². The molecule has 0 aliphatic rings. The van der Waals surface area contributed by atoms with Gasteiger partial charge in [-0.1, -0.05) is 47.6 Å². The first kappa shape index (κ1) is 21.3. The zero-order chi connectivity index (χ0) is 21.2. The Balaban J connectivity index is 2.06. The molecule has 1 atom stereocenters. The molecule has 8 heteroatoms. The Hall–Kier alpha value is -2.38. The molecule has 3 rings (SSSR count). The first-order valence-corrected chi connectivity index (χ1v) is 10.4. The molecule has 0 saturated heterocycles. The number of hydrogen-bond donors (Lipinski definition) is 1. The number of carbonyl (C=O) groups is 1. The number of hydrogen-bond acceptors (Lipinski definition) is 4. The minimum atomic E-state index is -0.456. The molecule has 0 spiro atoms. The summed E-state index contributed by atoms with van der Waals surface area (Å²) < 4.78 is 16.2. The molecule has 1 N–H and O–H groups in total. The minimum Gasteiger partial charge on any atom is -0.351 e. The van der Waals surface area contributed by atoms with Gasteiger partial charge in [-0.15, -0.1) is 10.2 Å². The lowest BCUT2D eigenvalue weighted by Crippen LogP contribution is -2.44. The lowest BCUT2D eigenvalue weighted by atomic mass is 10.1. The molecule has 1 heterocycles. The normalized spacial score (nSPS) is 12.6. The van der Waals surface area contributed by atoms with Gasteiger partial charge in [0.25, 0.3) is 0 Å². The second-order valence-electron chi connectivity index (χ2n) is 7.57. The Bertz CT molecular complexity index is 1030. The smallest absolute Gasteiger partial charge is 0.233 e. The molecule has 29 heavy (non-hydrogen) atoms. The van der Waals surface area contributed by atoms with Gasteiger partial charge < -0.3 is 5.32 Å². The maximum absolute atomic E-state index is 14.6. The molecule has 3 aromatic rings. The predicted octanol–water partition coefficient (Wildman–Crippen LogP) is 5.12. The fourth-order valence-electron chi connectivity index (χ4n) is 2.70. The van der Waals surface area contributed by atoms with Crippen LogP contribution in [0, 0.1) is 5.82 Å². The molecule has 152 valence electrons. The summed E-state index contributed by atoms with van der Waals surface area (Å²) in [7, 11) is 0. The fourth-order valence-corrected chi connectivity index (χ4v) is 3.78. The third kappa shape index (κ3) is 4.97. The SMILES string of the molecule is CC(Sc1nnc(-c2ccccc2Cl)n1-c1ccccc1F)C(=O)NC(C)(C)C. The van der Waals surface area contributed by atoms with E-state index in [2.05, 4.69) is 15.5 Å². The number of benzene rings is 2. The van der Waals surface area contributed by atoms with Crippen molar-refractivity contribution in [3.8, 4) is 17.1 Å². The Kier molecular flexibility index (Phi) is 6.29. The Morgan fingerprint density at radius 1 is 1.14 bits per heavy atom. The van der Waals surface area contributed by atoms with Crippen LogP contribution in [0.2, 0.25) is 5.02 Å². The number of aromatic nitrogens is 3. The maximum Gasteiger partial charge on any atom is 0.233 e. The molecule has 0 radical (unpaired) electrons. The number of nitrogens with one attached hydrogen (secondary N) is 1. The first-order chi connectivity index (χ1) is 13.7. The molecule has 0 aliphatic carbocycles. The Morgan fingerprint density at radius 2 is 1.79 bits per heavy atom. The highest BCUT2D eigenvalue weighted by Gasteiger charge is 2.25. The van der Waals surface area contributed by atoms with Crippen LogP contribution in [-0.2, 0) is 4.79 Å². The van der Waals surface area contributed by atoms with E-state index in [1.807, 2.05) is 32.9 Å². The van der Waals surface area contributed by atoms with Crippen molar-refractivity contribution in [2.45, 2.75) is 43.6 Å². The summed E-state index contributed by atoms with van der Waals surface area (Å²) in [5, 5.41) is 11.9. The van der Waals surface area contributed by atoms with E-state index in [-0.39, 0.29) is 11.4 Å². The van der Waals surface area contributed by atoms with Crippen molar-refractivity contribution in [3.05, 3.63) is 59.4 Å². The van der Waals surface area contributed by atoms with Gasteiger partial charge in [0.2, 0.25) is 5.91 Å². The van der Waals surface area contributed by atoms with E-state index >= 15 is 0 Å². The average molecular weight is 433 g/mol. The molecule has 1 aromatic heterocycles. The van der Waals surface area contributed by atoms with E-state index in [1.54, 1.807) is 41.8 Å². The summed E-state index contributed by atoms with van der Waals surface area (Å²) in [6.45, 7) is 7.53. The van der Waals surface area contributed by atoms with E-state index in [0.29, 0.717) is 27.3 Å².